The number of amides is 1. The van der Waals surface area contributed by atoms with Crippen molar-refractivity contribution >= 4 is 23.4 Å². The Morgan fingerprint density at radius 3 is 2.78 bits per heavy atom. The van der Waals surface area contributed by atoms with Crippen molar-refractivity contribution in [3.63, 3.8) is 0 Å². The first-order chi connectivity index (χ1) is 8.58. The largest absolute Gasteiger partial charge is 0.398 e. The number of carbonyl (C=O) groups excluding carboxylic acids is 1. The van der Waals surface area contributed by atoms with Crippen molar-refractivity contribution in [1.29, 1.82) is 0 Å². The van der Waals surface area contributed by atoms with Crippen LogP contribution in [0.4, 0.5) is 5.69 Å². The molecule has 1 unspecified atom stereocenters. The summed E-state index contributed by atoms with van der Waals surface area (Å²) in [4.78, 5) is 13.4. The van der Waals surface area contributed by atoms with E-state index in [1.54, 1.807) is 23.9 Å². The molecule has 18 heavy (non-hydrogen) atoms. The normalized spacial score (nSPS) is 18.8. The Hall–Kier alpha value is -1.42. The highest BCUT2D eigenvalue weighted by Gasteiger charge is 2.22. The van der Waals surface area contributed by atoms with Gasteiger partial charge in [0.25, 0.3) is 5.91 Å². The Kier molecular flexibility index (Phi) is 3.97. The summed E-state index contributed by atoms with van der Waals surface area (Å²) >= 11 is 1.74. The molecule has 0 aromatic heterocycles. The van der Waals surface area contributed by atoms with E-state index in [9.17, 15) is 4.79 Å². The van der Waals surface area contributed by atoms with Gasteiger partial charge in [0.15, 0.2) is 0 Å². The lowest BCUT2D eigenvalue weighted by atomic mass is 10.1. The first-order valence-electron chi connectivity index (χ1n) is 6.10. The summed E-state index contributed by atoms with van der Waals surface area (Å²) in [5.41, 5.74) is 6.87. The Balaban J connectivity index is 1.97. The molecule has 0 saturated heterocycles. The van der Waals surface area contributed by atoms with E-state index >= 15 is 0 Å². The maximum atomic E-state index is 12.1. The molecule has 1 aliphatic heterocycles. The average molecular weight is 262 g/mol. The van der Waals surface area contributed by atoms with Gasteiger partial charge in [0.1, 0.15) is 0 Å². The van der Waals surface area contributed by atoms with Crippen LogP contribution < -0.4 is 11.1 Å². The molecule has 0 aliphatic carbocycles. The molecule has 0 radical (unpaired) electrons. The van der Waals surface area contributed by atoms with Gasteiger partial charge in [-0.2, -0.15) is 0 Å². The number of thioether (sulfide) groups is 1. The van der Waals surface area contributed by atoms with Gasteiger partial charge in [-0.15, -0.1) is 11.8 Å². The van der Waals surface area contributed by atoms with Gasteiger partial charge in [-0.3, -0.25) is 4.79 Å². The molecule has 1 aliphatic rings. The minimum atomic E-state index is -0.0935. The molecule has 3 N–H and O–H groups in total. The van der Waals surface area contributed by atoms with Crippen LogP contribution in [0.5, 0.6) is 0 Å². The second-order valence-corrected chi connectivity index (χ2v) is 5.94. The van der Waals surface area contributed by atoms with E-state index in [1.165, 1.54) is 4.91 Å². The number of nitrogens with one attached hydrogen (secondary N) is 1. The molecule has 1 atom stereocenters. The molecule has 2 rings (SSSR count). The number of hydrogen-bond donors (Lipinski definition) is 2. The number of benzene rings is 1. The van der Waals surface area contributed by atoms with Crippen LogP contribution in [0.1, 0.15) is 30.6 Å². The highest BCUT2D eigenvalue weighted by molar-refractivity contribution is 8.03. The van der Waals surface area contributed by atoms with Crippen LogP contribution >= 0.6 is 11.8 Å². The highest BCUT2D eigenvalue weighted by atomic mass is 32.2. The fourth-order valence-electron chi connectivity index (χ4n) is 1.87. The van der Waals surface area contributed by atoms with Crippen molar-refractivity contribution < 1.29 is 4.79 Å². The van der Waals surface area contributed by atoms with E-state index in [0.29, 0.717) is 17.2 Å². The molecule has 0 bridgehead atoms. The Labute approximate surface area is 112 Å². The number of para-hydroxylation sites is 1. The molecule has 0 fully saturated rings. The first-order valence-corrected chi connectivity index (χ1v) is 6.98. The van der Waals surface area contributed by atoms with Crippen molar-refractivity contribution in [2.45, 2.75) is 25.6 Å². The maximum Gasteiger partial charge on any atom is 0.254 e. The number of hydrogen-bond acceptors (Lipinski definition) is 3. The zero-order valence-electron chi connectivity index (χ0n) is 10.6. The molecule has 1 aromatic rings. The summed E-state index contributed by atoms with van der Waals surface area (Å²) in [6.07, 6.45) is 3.09. The van der Waals surface area contributed by atoms with E-state index in [1.807, 2.05) is 12.1 Å². The van der Waals surface area contributed by atoms with Crippen molar-refractivity contribution in [2.75, 3.05) is 5.73 Å². The zero-order chi connectivity index (χ0) is 13.1. The number of rotatable bonds is 3. The van der Waals surface area contributed by atoms with Gasteiger partial charge < -0.3 is 11.1 Å². The predicted octanol–water partition coefficient (Wildman–Crippen LogP) is 3.00. The van der Waals surface area contributed by atoms with Crippen LogP contribution in [-0.2, 0) is 0 Å². The monoisotopic (exact) mass is 262 g/mol. The Bertz CT molecular complexity index is 482. The fourth-order valence-corrected chi connectivity index (χ4v) is 3.02. The molecule has 1 aromatic carbocycles. The first kappa shape index (κ1) is 13.0. The van der Waals surface area contributed by atoms with E-state index < -0.39 is 0 Å². The van der Waals surface area contributed by atoms with Gasteiger partial charge in [0.2, 0.25) is 0 Å². The summed E-state index contributed by atoms with van der Waals surface area (Å²) in [5.74, 6) is 0.433. The maximum absolute atomic E-state index is 12.1. The van der Waals surface area contributed by atoms with Crippen LogP contribution in [0.15, 0.2) is 35.2 Å². The van der Waals surface area contributed by atoms with E-state index in [0.717, 1.165) is 6.42 Å². The Morgan fingerprint density at radius 1 is 1.44 bits per heavy atom. The second-order valence-electron chi connectivity index (χ2n) is 4.66. The molecular formula is C14H18N2OS. The third-order valence-electron chi connectivity index (χ3n) is 2.88. The van der Waals surface area contributed by atoms with Crippen LogP contribution in [0.25, 0.3) is 0 Å². The fraction of sp³-hybridized carbons (Fsp3) is 0.357. The smallest absolute Gasteiger partial charge is 0.254 e. The SMILES string of the molecule is CC(C)C1=CCC(NC(=O)c2ccccc2N)S1. The van der Waals surface area contributed by atoms with Gasteiger partial charge in [-0.25, -0.2) is 0 Å². The van der Waals surface area contributed by atoms with Gasteiger partial charge in [0, 0.05) is 5.69 Å². The minimum Gasteiger partial charge on any atom is -0.398 e. The highest BCUT2D eigenvalue weighted by Crippen LogP contribution is 2.35. The van der Waals surface area contributed by atoms with Crippen LogP contribution in [-0.4, -0.2) is 11.3 Å². The van der Waals surface area contributed by atoms with Crippen LogP contribution in [0.2, 0.25) is 0 Å². The molecule has 1 amide bonds. The van der Waals surface area contributed by atoms with Crippen LogP contribution in [0, 0.1) is 5.92 Å². The minimum absolute atomic E-state index is 0.0935. The standard InChI is InChI=1S/C14H18N2OS/c1-9(2)12-7-8-13(18-12)16-14(17)10-5-3-4-6-11(10)15/h3-7,9,13H,8,15H2,1-2H3,(H,16,17). The zero-order valence-corrected chi connectivity index (χ0v) is 11.5. The van der Waals surface area contributed by atoms with Gasteiger partial charge in [0.05, 0.1) is 10.9 Å². The molecule has 4 heteroatoms. The molecular weight excluding hydrogens is 244 g/mol. The number of nitrogen functional groups attached to an aromatic ring is 1. The molecule has 0 saturated carbocycles. The average Bonchev–Trinajstić information content (AvgIpc) is 2.78. The lowest BCUT2D eigenvalue weighted by Gasteiger charge is -2.14. The van der Waals surface area contributed by atoms with E-state index in [-0.39, 0.29) is 11.3 Å². The summed E-state index contributed by atoms with van der Waals surface area (Å²) in [5, 5.41) is 3.15. The lowest BCUT2D eigenvalue weighted by Crippen LogP contribution is -2.31. The topological polar surface area (TPSA) is 55.1 Å². The Morgan fingerprint density at radius 2 is 2.17 bits per heavy atom. The third-order valence-corrected chi connectivity index (χ3v) is 4.38. The third kappa shape index (κ3) is 2.88. The summed E-state index contributed by atoms with van der Waals surface area (Å²) in [6, 6.07) is 7.15. The predicted molar refractivity (Wildman–Crippen MR) is 77.2 cm³/mol. The second kappa shape index (κ2) is 5.48. The number of nitrogens with two attached hydrogens (primary N) is 1. The number of carbonyl (C=O) groups is 1. The molecule has 0 spiro atoms. The quantitative estimate of drug-likeness (QED) is 0.823. The van der Waals surface area contributed by atoms with Crippen molar-refractivity contribution in [2.24, 2.45) is 5.92 Å². The van der Waals surface area contributed by atoms with Crippen molar-refractivity contribution in [3.05, 3.63) is 40.8 Å². The van der Waals surface area contributed by atoms with Crippen LogP contribution in [0.3, 0.4) is 0 Å². The molecule has 96 valence electrons. The lowest BCUT2D eigenvalue weighted by molar-refractivity contribution is 0.0951. The summed E-state index contributed by atoms with van der Waals surface area (Å²) in [7, 11) is 0. The van der Waals surface area contributed by atoms with Crippen molar-refractivity contribution in [3.8, 4) is 0 Å². The van der Waals surface area contributed by atoms with E-state index in [2.05, 4.69) is 25.2 Å². The van der Waals surface area contributed by atoms with Gasteiger partial charge in [-0.1, -0.05) is 32.1 Å². The summed E-state index contributed by atoms with van der Waals surface area (Å²) < 4.78 is 0. The molecule has 1 heterocycles. The van der Waals surface area contributed by atoms with Crippen molar-refractivity contribution in [1.82, 2.24) is 5.32 Å². The molecule has 3 nitrogen and oxygen atoms in total. The van der Waals surface area contributed by atoms with Gasteiger partial charge in [-0.05, 0) is 29.4 Å². The summed E-state index contributed by atoms with van der Waals surface area (Å²) in [6.45, 7) is 4.33. The van der Waals surface area contributed by atoms with Gasteiger partial charge >= 0.3 is 0 Å². The van der Waals surface area contributed by atoms with E-state index in [4.69, 9.17) is 5.73 Å². The number of allylic oxidation sites excluding steroid dienone is 1. The number of anilines is 1.